The normalized spacial score (nSPS) is 18.5. The minimum atomic E-state index is -0.527. The van der Waals surface area contributed by atoms with Crippen LogP contribution in [0.4, 0.5) is 10.2 Å². The van der Waals surface area contributed by atoms with E-state index in [-0.39, 0.29) is 17.2 Å². The Morgan fingerprint density at radius 1 is 1.21 bits per heavy atom. The molecule has 0 saturated heterocycles. The van der Waals surface area contributed by atoms with Gasteiger partial charge in [-0.3, -0.25) is 9.59 Å². The number of carbonyl (C=O) groups is 1. The van der Waals surface area contributed by atoms with Gasteiger partial charge < -0.3 is 10.3 Å². The number of hydrogen-bond acceptors (Lipinski definition) is 5. The predicted octanol–water partition coefficient (Wildman–Crippen LogP) is 4.61. The van der Waals surface area contributed by atoms with E-state index in [4.69, 9.17) is 0 Å². The molecule has 5 nitrogen and oxygen atoms in total. The lowest BCUT2D eigenvalue weighted by Crippen LogP contribution is -2.32. The highest BCUT2D eigenvalue weighted by molar-refractivity contribution is 7.99. The van der Waals surface area contributed by atoms with Crippen molar-refractivity contribution < 1.29 is 9.18 Å². The summed E-state index contributed by atoms with van der Waals surface area (Å²) in [6, 6.07) is 6.02. The van der Waals surface area contributed by atoms with Crippen LogP contribution in [-0.4, -0.2) is 21.5 Å². The van der Waals surface area contributed by atoms with Crippen molar-refractivity contribution in [2.24, 2.45) is 5.92 Å². The number of fused-ring (bicyclic) bond motifs is 1. The first-order chi connectivity index (χ1) is 13.9. The highest BCUT2D eigenvalue weighted by Gasteiger charge is 2.37. The second-order valence-corrected chi connectivity index (χ2v) is 9.03. The van der Waals surface area contributed by atoms with Crippen molar-refractivity contribution in [1.29, 1.82) is 0 Å². The summed E-state index contributed by atoms with van der Waals surface area (Å²) in [5.41, 5.74) is 2.35. The van der Waals surface area contributed by atoms with Gasteiger partial charge >= 0.3 is 0 Å². The van der Waals surface area contributed by atoms with E-state index in [9.17, 15) is 14.0 Å². The molecule has 0 radical (unpaired) electrons. The number of carbonyl (C=O) groups excluding carboxylic acids is 1. The van der Waals surface area contributed by atoms with Gasteiger partial charge in [0.25, 0.3) is 5.56 Å². The average Bonchev–Trinajstić information content (AvgIpc) is 2.67. The van der Waals surface area contributed by atoms with E-state index >= 15 is 0 Å². The number of allylic oxidation sites excluding steroid dienone is 2. The maximum atomic E-state index is 13.5. The first-order valence-corrected chi connectivity index (χ1v) is 11.0. The number of halogens is 1. The summed E-state index contributed by atoms with van der Waals surface area (Å²) < 4.78 is 13.5. The zero-order chi connectivity index (χ0) is 20.5. The lowest BCUT2D eigenvalue weighted by atomic mass is 9.76. The Morgan fingerprint density at radius 3 is 2.69 bits per heavy atom. The molecule has 0 amide bonds. The molecule has 4 rings (SSSR count). The highest BCUT2D eigenvalue weighted by atomic mass is 32.2. The van der Waals surface area contributed by atoms with Gasteiger partial charge in [0.2, 0.25) is 0 Å². The zero-order valence-electron chi connectivity index (χ0n) is 16.5. The number of H-pyrrole nitrogens is 1. The zero-order valence-corrected chi connectivity index (χ0v) is 17.4. The largest absolute Gasteiger partial charge is 0.343 e. The molecule has 2 aliphatic rings. The fourth-order valence-electron chi connectivity index (χ4n) is 3.89. The van der Waals surface area contributed by atoms with Crippen LogP contribution in [0.1, 0.15) is 56.6 Å². The topological polar surface area (TPSA) is 74.8 Å². The number of hydrogen-bond donors (Lipinski definition) is 2. The summed E-state index contributed by atoms with van der Waals surface area (Å²) >= 11 is 1.53. The molecule has 2 N–H and O–H groups in total. The molecule has 1 atom stereocenters. The Labute approximate surface area is 173 Å². The monoisotopic (exact) mass is 413 g/mol. The Kier molecular flexibility index (Phi) is 5.58. The van der Waals surface area contributed by atoms with Crippen LogP contribution in [0.3, 0.4) is 0 Å². The molecule has 0 fully saturated rings. The molecule has 1 aliphatic heterocycles. The molecule has 2 aromatic rings. The van der Waals surface area contributed by atoms with Crippen molar-refractivity contribution in [2.45, 2.75) is 50.6 Å². The summed E-state index contributed by atoms with van der Waals surface area (Å²) in [6.45, 7) is 4.32. The minimum absolute atomic E-state index is 0.0357. The van der Waals surface area contributed by atoms with Gasteiger partial charge in [-0.25, -0.2) is 9.37 Å². The molecular formula is C22H24FN3O2S. The third-order valence-electron chi connectivity index (χ3n) is 5.37. The summed E-state index contributed by atoms with van der Waals surface area (Å²) in [5, 5.41) is 3.84. The molecule has 0 bridgehead atoms. The van der Waals surface area contributed by atoms with Crippen molar-refractivity contribution >= 4 is 23.4 Å². The molecule has 1 aliphatic carbocycles. The van der Waals surface area contributed by atoms with Crippen LogP contribution in [0.25, 0.3) is 0 Å². The Hall–Kier alpha value is -2.41. The third kappa shape index (κ3) is 4.01. The lowest BCUT2D eigenvalue weighted by Gasteiger charge is -2.32. The number of thioether (sulfide) groups is 1. The summed E-state index contributed by atoms with van der Waals surface area (Å²) in [7, 11) is 0. The van der Waals surface area contributed by atoms with E-state index in [2.05, 4.69) is 29.1 Å². The Morgan fingerprint density at radius 2 is 1.97 bits per heavy atom. The smallest absolute Gasteiger partial charge is 0.257 e. The second-order valence-electron chi connectivity index (χ2n) is 7.94. The van der Waals surface area contributed by atoms with Gasteiger partial charge in [-0.15, -0.1) is 0 Å². The Balaban J connectivity index is 1.79. The molecule has 1 aromatic heterocycles. The van der Waals surface area contributed by atoms with Crippen LogP contribution in [0, 0.1) is 11.7 Å². The molecule has 2 heterocycles. The summed E-state index contributed by atoms with van der Waals surface area (Å²) in [6.07, 6.45) is 3.00. The first-order valence-electron chi connectivity index (χ1n) is 9.99. The van der Waals surface area contributed by atoms with Gasteiger partial charge in [-0.2, -0.15) is 0 Å². The molecule has 1 aromatic carbocycles. The molecular weight excluding hydrogens is 389 g/mol. The van der Waals surface area contributed by atoms with Crippen molar-refractivity contribution in [3.05, 3.63) is 62.8 Å². The standard InChI is InChI=1S/C22H24FN3O2S/c1-12(2)10-11-29-22-25-20-19(21(28)26-22)17(13-6-8-14(23)9-7-13)18-15(24-20)4-3-5-16(18)27/h6-9,12,17H,3-5,10-11H2,1-2H3,(H2,24,25,26,28). The average molecular weight is 414 g/mol. The molecule has 7 heteroatoms. The molecule has 0 spiro atoms. The number of anilines is 1. The number of ketones is 1. The summed E-state index contributed by atoms with van der Waals surface area (Å²) in [5.74, 6) is 1.11. The van der Waals surface area contributed by atoms with Crippen LogP contribution < -0.4 is 10.9 Å². The first kappa shape index (κ1) is 19.9. The van der Waals surface area contributed by atoms with Crippen molar-refractivity contribution in [3.63, 3.8) is 0 Å². The number of aromatic nitrogens is 2. The minimum Gasteiger partial charge on any atom is -0.343 e. The number of nitrogens with one attached hydrogen (secondary N) is 2. The third-order valence-corrected chi connectivity index (χ3v) is 6.28. The van der Waals surface area contributed by atoms with Crippen LogP contribution >= 0.6 is 11.8 Å². The van der Waals surface area contributed by atoms with Crippen molar-refractivity contribution in [2.75, 3.05) is 11.1 Å². The van der Waals surface area contributed by atoms with Crippen molar-refractivity contribution in [1.82, 2.24) is 9.97 Å². The number of aromatic amines is 1. The summed E-state index contributed by atoms with van der Waals surface area (Å²) in [4.78, 5) is 33.4. The predicted molar refractivity (Wildman–Crippen MR) is 113 cm³/mol. The maximum absolute atomic E-state index is 13.5. The molecule has 152 valence electrons. The van der Waals surface area contributed by atoms with E-state index in [1.165, 1.54) is 23.9 Å². The lowest BCUT2D eigenvalue weighted by molar-refractivity contribution is -0.116. The maximum Gasteiger partial charge on any atom is 0.257 e. The molecule has 29 heavy (non-hydrogen) atoms. The van der Waals surface area contributed by atoms with Gasteiger partial charge in [-0.1, -0.05) is 37.7 Å². The van der Waals surface area contributed by atoms with Crippen molar-refractivity contribution in [3.8, 4) is 0 Å². The van der Waals surface area contributed by atoms with Crippen LogP contribution in [-0.2, 0) is 4.79 Å². The fourth-order valence-corrected chi connectivity index (χ4v) is 4.99. The molecule has 1 unspecified atom stereocenters. The van der Waals surface area contributed by atoms with Crippen LogP contribution in [0.2, 0.25) is 0 Å². The van der Waals surface area contributed by atoms with Crippen LogP contribution in [0.15, 0.2) is 45.5 Å². The van der Waals surface area contributed by atoms with Gasteiger partial charge in [0, 0.05) is 29.4 Å². The Bertz CT molecular complexity index is 1030. The number of Topliss-reactive ketones (excluding diaryl/α,β-unsaturated/α-hetero) is 1. The van der Waals surface area contributed by atoms with Crippen LogP contribution in [0.5, 0.6) is 0 Å². The van der Waals surface area contributed by atoms with E-state index in [0.29, 0.717) is 34.4 Å². The fraction of sp³-hybridized carbons (Fsp3) is 0.409. The number of benzene rings is 1. The van der Waals surface area contributed by atoms with Gasteiger partial charge in [0.15, 0.2) is 10.9 Å². The second kappa shape index (κ2) is 8.14. The number of nitrogens with zero attached hydrogens (tertiary/aromatic N) is 1. The van der Waals surface area contributed by atoms with E-state index in [1.54, 1.807) is 12.1 Å². The van der Waals surface area contributed by atoms with E-state index in [0.717, 1.165) is 36.3 Å². The quantitative estimate of drug-likeness (QED) is 0.553. The highest BCUT2D eigenvalue weighted by Crippen LogP contribution is 2.43. The van der Waals surface area contributed by atoms with Gasteiger partial charge in [0.1, 0.15) is 11.6 Å². The molecule has 0 saturated carbocycles. The SMILES string of the molecule is CC(C)CCSc1nc2c(c(=O)[nH]1)C(c1ccc(F)cc1)C1=C(CCCC1=O)N2. The van der Waals surface area contributed by atoms with Gasteiger partial charge in [-0.05, 0) is 42.9 Å². The van der Waals surface area contributed by atoms with E-state index < -0.39 is 5.92 Å². The van der Waals surface area contributed by atoms with E-state index in [1.807, 2.05) is 0 Å². The van der Waals surface area contributed by atoms with Gasteiger partial charge in [0.05, 0.1) is 5.56 Å². The number of rotatable bonds is 5.